The highest BCUT2D eigenvalue weighted by Crippen LogP contribution is 2.14. The smallest absolute Gasteiger partial charge is 0.194 e. The van der Waals surface area contributed by atoms with Gasteiger partial charge in [-0.2, -0.15) is 0 Å². The maximum atomic E-state index is 12.4. The van der Waals surface area contributed by atoms with Crippen molar-refractivity contribution in [1.82, 2.24) is 0 Å². The molecule has 0 N–H and O–H groups in total. The van der Waals surface area contributed by atoms with Crippen LogP contribution in [-0.4, -0.2) is 0 Å². The molecule has 1 nitrogen and oxygen atoms in total. The first-order valence-electron chi connectivity index (χ1n) is 6.59. The topological polar surface area (TPSA) is 17.1 Å². The van der Waals surface area contributed by atoms with E-state index in [2.05, 4.69) is 6.58 Å². The van der Waals surface area contributed by atoms with Crippen LogP contribution in [0.5, 0.6) is 0 Å². The summed E-state index contributed by atoms with van der Waals surface area (Å²) in [5.74, 6) is 0. The Hall–Kier alpha value is -2.15. The lowest BCUT2D eigenvalue weighted by atomic mass is 10.1. The molecule has 0 saturated carbocycles. The van der Waals surface area contributed by atoms with Gasteiger partial charge in [0.05, 0.1) is 0 Å². The normalized spacial score (nSPS) is 10.1. The van der Waals surface area contributed by atoms with E-state index < -0.39 is 0 Å². The molecule has 98 valence electrons. The molecule has 0 amide bonds. The highest BCUT2D eigenvalue weighted by Gasteiger charge is 2.03. The van der Waals surface area contributed by atoms with Gasteiger partial charge in [-0.15, -0.1) is 0 Å². The zero-order valence-electron chi connectivity index (χ0n) is 11.8. The second-order valence-electron chi connectivity index (χ2n) is 3.82. The third-order valence-corrected chi connectivity index (χ3v) is 2.76. The van der Waals surface area contributed by atoms with Gasteiger partial charge < -0.3 is 0 Å². The van der Waals surface area contributed by atoms with Crippen molar-refractivity contribution < 1.29 is 0 Å². The molecule has 0 unspecified atom stereocenters. The lowest BCUT2D eigenvalue weighted by Gasteiger charge is -1.93. The van der Waals surface area contributed by atoms with Crippen molar-refractivity contribution >= 4 is 22.9 Å². The highest BCUT2D eigenvalue weighted by atomic mass is 16.1. The monoisotopic (exact) mass is 252 g/mol. The van der Waals surface area contributed by atoms with E-state index in [0.29, 0.717) is 5.56 Å². The number of fused-ring (bicyclic) bond motifs is 1. The molecular formula is C18H20O. The Kier molecular flexibility index (Phi) is 5.74. The first-order valence-corrected chi connectivity index (χ1v) is 6.59. The van der Waals surface area contributed by atoms with Crippen molar-refractivity contribution in [2.45, 2.75) is 20.8 Å². The van der Waals surface area contributed by atoms with Crippen LogP contribution < -0.4 is 5.43 Å². The summed E-state index contributed by atoms with van der Waals surface area (Å²) in [5, 5.41) is 1.70. The Morgan fingerprint density at radius 2 is 1.74 bits per heavy atom. The molecule has 0 bridgehead atoms. The molecule has 0 fully saturated rings. The summed E-state index contributed by atoms with van der Waals surface area (Å²) >= 11 is 0. The maximum Gasteiger partial charge on any atom is 0.194 e. The Bertz CT molecular complexity index is 651. The zero-order valence-corrected chi connectivity index (χ0v) is 11.8. The van der Waals surface area contributed by atoms with E-state index in [-0.39, 0.29) is 5.43 Å². The summed E-state index contributed by atoms with van der Waals surface area (Å²) in [6.45, 7) is 9.66. The second kappa shape index (κ2) is 7.32. The quantitative estimate of drug-likeness (QED) is 0.742. The minimum atomic E-state index is 0.0543. The summed E-state index contributed by atoms with van der Waals surface area (Å²) in [6.07, 6.45) is 5.43. The molecule has 0 aliphatic rings. The SMILES string of the molecule is C=Cc1ccc2ccccc2c(=O)c1/C=C\C.CC. The molecule has 2 aromatic rings. The molecule has 0 aliphatic carbocycles. The van der Waals surface area contributed by atoms with E-state index in [0.717, 1.165) is 16.3 Å². The van der Waals surface area contributed by atoms with Gasteiger partial charge in [0, 0.05) is 10.9 Å². The van der Waals surface area contributed by atoms with Crippen molar-refractivity contribution in [3.05, 3.63) is 70.4 Å². The minimum absolute atomic E-state index is 0.0543. The summed E-state index contributed by atoms with van der Waals surface area (Å²) in [6, 6.07) is 11.5. The Balaban J connectivity index is 0.000000861. The molecule has 2 rings (SSSR count). The number of rotatable bonds is 2. The number of allylic oxidation sites excluding steroid dienone is 1. The van der Waals surface area contributed by atoms with Crippen molar-refractivity contribution in [2.75, 3.05) is 0 Å². The fraction of sp³-hybridized carbons (Fsp3) is 0.167. The molecular weight excluding hydrogens is 232 g/mol. The predicted octanol–water partition coefficient (Wildman–Crippen LogP) is 4.90. The summed E-state index contributed by atoms with van der Waals surface area (Å²) in [4.78, 5) is 12.4. The second-order valence-corrected chi connectivity index (χ2v) is 3.82. The third kappa shape index (κ3) is 3.19. The molecule has 0 radical (unpaired) electrons. The van der Waals surface area contributed by atoms with Gasteiger partial charge in [0.1, 0.15) is 0 Å². The molecule has 0 atom stereocenters. The lowest BCUT2D eigenvalue weighted by Crippen LogP contribution is -2.03. The Labute approximate surface area is 114 Å². The van der Waals surface area contributed by atoms with Crippen LogP contribution in [0.2, 0.25) is 0 Å². The number of hydrogen-bond acceptors (Lipinski definition) is 1. The summed E-state index contributed by atoms with van der Waals surface area (Å²) in [7, 11) is 0. The van der Waals surface area contributed by atoms with Gasteiger partial charge in [-0.1, -0.05) is 75.1 Å². The van der Waals surface area contributed by atoms with Crippen LogP contribution in [0.3, 0.4) is 0 Å². The predicted molar refractivity (Wildman–Crippen MR) is 86.4 cm³/mol. The highest BCUT2D eigenvalue weighted by molar-refractivity contribution is 5.85. The third-order valence-electron chi connectivity index (χ3n) is 2.76. The largest absolute Gasteiger partial charge is 0.289 e. The minimum Gasteiger partial charge on any atom is -0.289 e. The van der Waals surface area contributed by atoms with Gasteiger partial charge in [-0.3, -0.25) is 4.79 Å². The fourth-order valence-corrected chi connectivity index (χ4v) is 1.91. The molecule has 0 aliphatic heterocycles. The average molecular weight is 252 g/mol. The van der Waals surface area contributed by atoms with Crippen molar-refractivity contribution in [1.29, 1.82) is 0 Å². The van der Waals surface area contributed by atoms with Gasteiger partial charge in [-0.05, 0) is 17.9 Å². The van der Waals surface area contributed by atoms with Gasteiger partial charge in [-0.25, -0.2) is 0 Å². The van der Waals surface area contributed by atoms with Gasteiger partial charge in [0.15, 0.2) is 5.43 Å². The molecule has 2 aromatic carbocycles. The van der Waals surface area contributed by atoms with E-state index in [1.165, 1.54) is 0 Å². The van der Waals surface area contributed by atoms with Crippen LogP contribution in [-0.2, 0) is 0 Å². The van der Waals surface area contributed by atoms with Crippen molar-refractivity contribution in [2.24, 2.45) is 0 Å². The molecule has 0 saturated heterocycles. The van der Waals surface area contributed by atoms with Gasteiger partial charge >= 0.3 is 0 Å². The van der Waals surface area contributed by atoms with Gasteiger partial charge in [0.25, 0.3) is 0 Å². The van der Waals surface area contributed by atoms with Crippen molar-refractivity contribution in [3.8, 4) is 0 Å². The van der Waals surface area contributed by atoms with Crippen LogP contribution in [0.25, 0.3) is 22.9 Å². The van der Waals surface area contributed by atoms with E-state index in [9.17, 15) is 4.79 Å². The number of benzene rings is 1. The Morgan fingerprint density at radius 3 is 2.37 bits per heavy atom. The maximum absolute atomic E-state index is 12.4. The standard InChI is InChI=1S/C16H14O.C2H6/c1-3-7-14-12(4-2)10-11-13-8-5-6-9-15(13)16(14)17;1-2/h3-11H,2H2,1H3;1-2H3/b7-3-;. The first-order chi connectivity index (χ1) is 9.27. The van der Waals surface area contributed by atoms with Crippen LogP contribution in [0.4, 0.5) is 0 Å². The van der Waals surface area contributed by atoms with Crippen LogP contribution in [0.15, 0.2) is 53.8 Å². The molecule has 19 heavy (non-hydrogen) atoms. The van der Waals surface area contributed by atoms with Crippen LogP contribution in [0.1, 0.15) is 31.9 Å². The average Bonchev–Trinajstić information content (AvgIpc) is 2.60. The molecule has 0 spiro atoms. The van der Waals surface area contributed by atoms with Crippen LogP contribution in [0, 0.1) is 0 Å². The van der Waals surface area contributed by atoms with E-state index in [1.807, 2.05) is 69.3 Å². The van der Waals surface area contributed by atoms with E-state index in [1.54, 1.807) is 6.08 Å². The fourth-order valence-electron chi connectivity index (χ4n) is 1.91. The van der Waals surface area contributed by atoms with E-state index in [4.69, 9.17) is 0 Å². The Morgan fingerprint density at radius 1 is 1.05 bits per heavy atom. The molecule has 0 heterocycles. The molecule has 1 heteroatoms. The summed E-state index contributed by atoms with van der Waals surface area (Å²) in [5.41, 5.74) is 1.62. The zero-order chi connectivity index (χ0) is 14.3. The van der Waals surface area contributed by atoms with E-state index >= 15 is 0 Å². The summed E-state index contributed by atoms with van der Waals surface area (Å²) < 4.78 is 0. The van der Waals surface area contributed by atoms with Gasteiger partial charge in [0.2, 0.25) is 0 Å². The lowest BCUT2D eigenvalue weighted by molar-refractivity contribution is 1.50. The number of hydrogen-bond donors (Lipinski definition) is 0. The van der Waals surface area contributed by atoms with Crippen molar-refractivity contribution in [3.63, 3.8) is 0 Å². The van der Waals surface area contributed by atoms with Crippen LogP contribution >= 0.6 is 0 Å². The molecule has 0 aromatic heterocycles. The first kappa shape index (κ1) is 14.9.